The first-order valence-electron chi connectivity index (χ1n) is 13.5. The Labute approximate surface area is 233 Å². The number of aromatic hydroxyl groups is 1. The zero-order valence-electron chi connectivity index (χ0n) is 22.8. The number of fused-ring (bicyclic) bond motifs is 3. The molecule has 5 atom stereocenters. The molecule has 0 bridgehead atoms. The van der Waals surface area contributed by atoms with E-state index < -0.39 is 99.1 Å². The summed E-state index contributed by atoms with van der Waals surface area (Å²) in [5.74, 6) is -6.91. The average molecular weight is 579 g/mol. The molecule has 1 saturated carbocycles. The Bertz CT molecular complexity index is 1430. The molecule has 1 aromatic carbocycles. The molecule has 3 aliphatic carbocycles. The predicted octanol–water partition coefficient (Wildman–Crippen LogP) is 2.64. The van der Waals surface area contributed by atoms with E-state index in [-0.39, 0.29) is 23.6 Å². The van der Waals surface area contributed by atoms with Crippen molar-refractivity contribution in [2.45, 2.75) is 69.4 Å². The number of phenolic OH excluding ortho intramolecular Hbond substituents is 1. The first-order valence-corrected chi connectivity index (χ1v) is 13.5. The van der Waals surface area contributed by atoms with Crippen LogP contribution in [-0.2, 0) is 22.2 Å². The molecule has 5 rings (SSSR count). The smallest absolute Gasteiger partial charge is 0.417 e. The van der Waals surface area contributed by atoms with Crippen LogP contribution in [0.5, 0.6) is 5.75 Å². The van der Waals surface area contributed by atoms with E-state index in [1.807, 2.05) is 0 Å². The molecule has 0 aromatic heterocycles. The third-order valence-corrected chi connectivity index (χ3v) is 9.22. The Morgan fingerprint density at radius 3 is 2.46 bits per heavy atom. The van der Waals surface area contributed by atoms with Gasteiger partial charge in [-0.25, -0.2) is 0 Å². The Balaban J connectivity index is 1.74. The number of alkyl halides is 3. The van der Waals surface area contributed by atoms with Gasteiger partial charge in [0.2, 0.25) is 5.78 Å². The Hall–Kier alpha value is -3.42. The quantitative estimate of drug-likeness (QED) is 0.285. The lowest BCUT2D eigenvalue weighted by molar-refractivity contribution is -0.140. The molecule has 13 heteroatoms. The third-order valence-electron chi connectivity index (χ3n) is 9.22. The summed E-state index contributed by atoms with van der Waals surface area (Å²) in [6.07, 6.45) is -4.39. The SMILES string of the molecule is CC(C)N(C)C1C(O)=C(C(N)=O)C(=N)[C@@]2(O)C(=O)C3=C(O)c4c(O)cc(C5CCCN5)c(C(F)(F)F)c4C[C@H]3C[C@@H]12. The van der Waals surface area contributed by atoms with Crippen LogP contribution in [0.1, 0.15) is 61.4 Å². The molecule has 2 fully saturated rings. The maximum absolute atomic E-state index is 14.6. The zero-order valence-corrected chi connectivity index (χ0v) is 22.8. The van der Waals surface area contributed by atoms with Crippen molar-refractivity contribution in [3.63, 3.8) is 0 Å². The number of benzene rings is 1. The normalized spacial score (nSPS) is 30.2. The van der Waals surface area contributed by atoms with Gasteiger partial charge >= 0.3 is 6.18 Å². The van der Waals surface area contributed by atoms with Crippen LogP contribution >= 0.6 is 0 Å². The highest BCUT2D eigenvalue weighted by Gasteiger charge is 2.64. The molecule has 4 aliphatic rings. The van der Waals surface area contributed by atoms with E-state index in [0.717, 1.165) is 6.07 Å². The van der Waals surface area contributed by atoms with Crippen LogP contribution in [0, 0.1) is 17.2 Å². The number of aliphatic hydroxyl groups is 3. The molecular weight excluding hydrogens is 545 g/mol. The number of hydrogen-bond donors (Lipinski definition) is 7. The van der Waals surface area contributed by atoms with E-state index in [0.29, 0.717) is 19.4 Å². The average Bonchev–Trinajstić information content (AvgIpc) is 3.39. The number of hydrogen-bond acceptors (Lipinski definition) is 9. The molecule has 8 N–H and O–H groups in total. The lowest BCUT2D eigenvalue weighted by atomic mass is 9.56. The van der Waals surface area contributed by atoms with Crippen molar-refractivity contribution in [3.8, 4) is 5.75 Å². The minimum atomic E-state index is -4.85. The number of nitrogens with two attached hydrogens (primary N) is 1. The maximum Gasteiger partial charge on any atom is 0.417 e. The number of ketones is 1. The van der Waals surface area contributed by atoms with Crippen molar-refractivity contribution in [2.75, 3.05) is 13.6 Å². The fraction of sp³-hybridized carbons (Fsp3) is 0.536. The van der Waals surface area contributed by atoms with Gasteiger partial charge in [0.05, 0.1) is 22.9 Å². The second-order valence-electron chi connectivity index (χ2n) is 11.7. The number of amides is 1. The summed E-state index contributed by atoms with van der Waals surface area (Å²) in [5, 5.41) is 56.8. The van der Waals surface area contributed by atoms with Gasteiger partial charge in [-0.2, -0.15) is 13.2 Å². The lowest BCUT2D eigenvalue weighted by Crippen LogP contribution is -2.67. The maximum atomic E-state index is 14.6. The van der Waals surface area contributed by atoms with E-state index in [9.17, 15) is 43.2 Å². The summed E-state index contributed by atoms with van der Waals surface area (Å²) < 4.78 is 43.9. The van der Waals surface area contributed by atoms with Gasteiger partial charge in [-0.3, -0.25) is 14.5 Å². The summed E-state index contributed by atoms with van der Waals surface area (Å²) in [5.41, 5.74) is -1.46. The Kier molecular flexibility index (Phi) is 6.79. The van der Waals surface area contributed by atoms with Gasteiger partial charge < -0.3 is 36.9 Å². The summed E-state index contributed by atoms with van der Waals surface area (Å²) >= 11 is 0. The minimum Gasteiger partial charge on any atom is -0.510 e. The number of carbonyl (C=O) groups excluding carboxylic acids is 2. The molecular formula is C28H33F3N4O6. The largest absolute Gasteiger partial charge is 0.510 e. The minimum absolute atomic E-state index is 0.148. The van der Waals surface area contributed by atoms with Crippen LogP contribution in [-0.4, -0.2) is 74.0 Å². The third kappa shape index (κ3) is 4.08. The van der Waals surface area contributed by atoms with Gasteiger partial charge in [-0.1, -0.05) is 0 Å². The van der Waals surface area contributed by atoms with Crippen molar-refractivity contribution in [1.29, 1.82) is 5.41 Å². The molecule has 1 aromatic rings. The number of primary amides is 1. The first-order chi connectivity index (χ1) is 19.0. The van der Waals surface area contributed by atoms with Crippen molar-refractivity contribution in [1.82, 2.24) is 10.2 Å². The standard InChI is InChI=1S/C28H33F3N4O6/c1-10(2)35(3)21-14-8-11-7-13-18(16(36)9-12(15-5-4-6-34-15)20(13)28(29,30)31)22(37)17(11)25(39)27(14,41)24(32)19(23(21)38)26(33)40/h9-11,14-15,21,32,34,36-38,41H,4-8H2,1-3H3,(H2,33,40)/t11-,14-,15?,21?,27+/m0/s1. The predicted molar refractivity (Wildman–Crippen MR) is 141 cm³/mol. The number of Topliss-reactive ketones (excluding diaryl/α,β-unsaturated/α-hetero) is 1. The lowest BCUT2D eigenvalue weighted by Gasteiger charge is -2.52. The molecule has 1 amide bonds. The van der Waals surface area contributed by atoms with Gasteiger partial charge in [-0.05, 0) is 76.2 Å². The molecule has 2 unspecified atom stereocenters. The van der Waals surface area contributed by atoms with Crippen LogP contribution in [0.25, 0.3) is 5.76 Å². The summed E-state index contributed by atoms with van der Waals surface area (Å²) in [7, 11) is 1.57. The van der Waals surface area contributed by atoms with Crippen LogP contribution in [0.2, 0.25) is 0 Å². The van der Waals surface area contributed by atoms with Crippen LogP contribution < -0.4 is 11.1 Å². The Morgan fingerprint density at radius 2 is 1.93 bits per heavy atom. The number of rotatable bonds is 4. The summed E-state index contributed by atoms with van der Waals surface area (Å²) in [4.78, 5) is 27.9. The molecule has 0 spiro atoms. The second-order valence-corrected chi connectivity index (χ2v) is 11.7. The highest BCUT2D eigenvalue weighted by atomic mass is 19.4. The fourth-order valence-electron chi connectivity index (χ4n) is 7.16. The summed E-state index contributed by atoms with van der Waals surface area (Å²) in [6.45, 7) is 4.02. The molecule has 1 aliphatic heterocycles. The van der Waals surface area contributed by atoms with Gasteiger partial charge in [0.25, 0.3) is 5.91 Å². The highest BCUT2D eigenvalue weighted by molar-refractivity contribution is 6.33. The molecule has 1 heterocycles. The number of phenols is 1. The monoisotopic (exact) mass is 578 g/mol. The van der Waals surface area contributed by atoms with Gasteiger partial charge in [0, 0.05) is 23.6 Å². The van der Waals surface area contributed by atoms with E-state index >= 15 is 0 Å². The molecule has 1 saturated heterocycles. The van der Waals surface area contributed by atoms with Crippen molar-refractivity contribution in [3.05, 3.63) is 45.2 Å². The molecule has 0 radical (unpaired) electrons. The molecule has 41 heavy (non-hydrogen) atoms. The van der Waals surface area contributed by atoms with Gasteiger partial charge in [0.1, 0.15) is 22.8 Å². The number of likely N-dealkylation sites (N-methyl/N-ethyl adjacent to an activating group) is 1. The van der Waals surface area contributed by atoms with Crippen molar-refractivity contribution >= 4 is 23.2 Å². The first kappa shape index (κ1) is 29.1. The fourth-order valence-corrected chi connectivity index (χ4v) is 7.16. The van der Waals surface area contributed by atoms with E-state index in [4.69, 9.17) is 11.1 Å². The summed E-state index contributed by atoms with van der Waals surface area (Å²) in [6, 6.07) is -1.19. The number of nitrogens with zero attached hydrogens (tertiary/aromatic N) is 1. The number of carbonyl (C=O) groups is 2. The highest BCUT2D eigenvalue weighted by Crippen LogP contribution is 2.55. The second kappa shape index (κ2) is 9.57. The molecule has 10 nitrogen and oxygen atoms in total. The topological polar surface area (TPSA) is 180 Å². The van der Waals surface area contributed by atoms with E-state index in [2.05, 4.69) is 5.32 Å². The van der Waals surface area contributed by atoms with Crippen LogP contribution in [0.3, 0.4) is 0 Å². The molecule has 222 valence electrons. The Morgan fingerprint density at radius 1 is 1.27 bits per heavy atom. The van der Waals surface area contributed by atoms with E-state index in [1.54, 1.807) is 25.8 Å². The van der Waals surface area contributed by atoms with Crippen LogP contribution in [0.15, 0.2) is 23.0 Å². The number of nitrogens with one attached hydrogen (secondary N) is 2. The zero-order chi connectivity index (χ0) is 30.3. The van der Waals surface area contributed by atoms with Crippen molar-refractivity contribution < 1.29 is 43.2 Å². The van der Waals surface area contributed by atoms with E-state index in [1.165, 1.54) is 0 Å². The number of halogens is 3. The van der Waals surface area contributed by atoms with Gasteiger partial charge in [-0.15, -0.1) is 0 Å². The van der Waals surface area contributed by atoms with Crippen molar-refractivity contribution in [2.24, 2.45) is 17.6 Å². The van der Waals surface area contributed by atoms with Crippen LogP contribution in [0.4, 0.5) is 13.2 Å². The number of aliphatic hydroxyl groups excluding tert-OH is 2. The van der Waals surface area contributed by atoms with Gasteiger partial charge in [0.15, 0.2) is 5.60 Å².